The lowest BCUT2D eigenvalue weighted by molar-refractivity contribution is 0.243. The molecule has 0 amide bonds. The van der Waals surface area contributed by atoms with E-state index in [2.05, 4.69) is 6.92 Å². The Hall–Kier alpha value is -1.39. The van der Waals surface area contributed by atoms with E-state index in [-0.39, 0.29) is 0 Å². The molecule has 1 atom stereocenters. The molecule has 0 saturated carbocycles. The SMILES string of the molecule is CCCCCC(C)(CCC)n1cc(F)c(=O)[nH]c1=O. The van der Waals surface area contributed by atoms with E-state index in [4.69, 9.17) is 0 Å². The van der Waals surface area contributed by atoms with E-state index >= 15 is 0 Å². The van der Waals surface area contributed by atoms with E-state index in [0.29, 0.717) is 0 Å². The minimum absolute atomic E-state index is 0.438. The van der Waals surface area contributed by atoms with Gasteiger partial charge in [-0.1, -0.05) is 39.5 Å². The van der Waals surface area contributed by atoms with Gasteiger partial charge in [-0.2, -0.15) is 4.39 Å². The summed E-state index contributed by atoms with van der Waals surface area (Å²) in [5, 5.41) is 0. The molecular formula is C14H23FN2O2. The van der Waals surface area contributed by atoms with Crippen molar-refractivity contribution >= 4 is 0 Å². The summed E-state index contributed by atoms with van der Waals surface area (Å²) in [4.78, 5) is 25.0. The van der Waals surface area contributed by atoms with Gasteiger partial charge in [0.1, 0.15) is 0 Å². The lowest BCUT2D eigenvalue weighted by Crippen LogP contribution is -2.43. The van der Waals surface area contributed by atoms with Crippen LogP contribution in [0.15, 0.2) is 15.8 Å². The third-order valence-electron chi connectivity index (χ3n) is 3.59. The van der Waals surface area contributed by atoms with Crippen molar-refractivity contribution in [2.24, 2.45) is 0 Å². The minimum Gasteiger partial charge on any atom is -0.292 e. The highest BCUT2D eigenvalue weighted by Gasteiger charge is 2.27. The number of unbranched alkanes of at least 4 members (excludes halogenated alkanes) is 2. The summed E-state index contributed by atoms with van der Waals surface area (Å²) in [7, 11) is 0. The maximum absolute atomic E-state index is 13.4. The van der Waals surface area contributed by atoms with Gasteiger partial charge in [0.15, 0.2) is 0 Å². The molecule has 0 radical (unpaired) electrons. The first-order chi connectivity index (χ1) is 8.94. The van der Waals surface area contributed by atoms with Gasteiger partial charge in [0.05, 0.1) is 6.20 Å². The number of aromatic nitrogens is 2. The molecule has 0 spiro atoms. The molecular weight excluding hydrogens is 247 g/mol. The Morgan fingerprint density at radius 1 is 1.21 bits per heavy atom. The number of H-pyrrole nitrogens is 1. The highest BCUT2D eigenvalue weighted by atomic mass is 19.1. The van der Waals surface area contributed by atoms with E-state index in [1.165, 1.54) is 4.57 Å². The van der Waals surface area contributed by atoms with Crippen LogP contribution in [0.3, 0.4) is 0 Å². The zero-order valence-electron chi connectivity index (χ0n) is 12.0. The van der Waals surface area contributed by atoms with Crippen molar-refractivity contribution < 1.29 is 4.39 Å². The molecule has 1 rings (SSSR count). The molecule has 0 fully saturated rings. The van der Waals surface area contributed by atoms with Crippen LogP contribution in [0, 0.1) is 5.82 Å². The summed E-state index contributed by atoms with van der Waals surface area (Å²) >= 11 is 0. The first-order valence-corrected chi connectivity index (χ1v) is 6.96. The monoisotopic (exact) mass is 270 g/mol. The summed E-state index contributed by atoms with van der Waals surface area (Å²) in [6.07, 6.45) is 6.69. The highest BCUT2D eigenvalue weighted by Crippen LogP contribution is 2.27. The molecule has 1 aromatic heterocycles. The third kappa shape index (κ3) is 3.78. The second kappa shape index (κ2) is 6.68. The quantitative estimate of drug-likeness (QED) is 0.775. The standard InChI is InChI=1S/C14H23FN2O2/c1-4-6-7-9-14(3,8-5-2)17-10-11(15)12(18)16-13(17)19/h10H,4-9H2,1-3H3,(H,16,18,19). The summed E-state index contributed by atoms with van der Waals surface area (Å²) in [6.45, 7) is 6.10. The van der Waals surface area contributed by atoms with Gasteiger partial charge in [-0.3, -0.25) is 14.3 Å². The number of halogens is 1. The molecule has 1 aromatic rings. The fourth-order valence-corrected chi connectivity index (χ4v) is 2.51. The third-order valence-corrected chi connectivity index (χ3v) is 3.59. The van der Waals surface area contributed by atoms with Crippen LogP contribution >= 0.6 is 0 Å². The van der Waals surface area contributed by atoms with E-state index < -0.39 is 22.6 Å². The number of aromatic amines is 1. The molecule has 0 aliphatic carbocycles. The Kier molecular flexibility index (Phi) is 5.51. The minimum atomic E-state index is -0.950. The van der Waals surface area contributed by atoms with Crippen molar-refractivity contribution in [1.29, 1.82) is 0 Å². The summed E-state index contributed by atoms with van der Waals surface area (Å²) in [6, 6.07) is 0. The largest absolute Gasteiger partial charge is 0.328 e. The molecule has 1 N–H and O–H groups in total. The molecule has 1 unspecified atom stereocenters. The summed E-state index contributed by atoms with van der Waals surface area (Å²) in [5.41, 5.74) is -1.92. The zero-order valence-corrected chi connectivity index (χ0v) is 12.0. The smallest absolute Gasteiger partial charge is 0.292 e. The number of nitrogens with zero attached hydrogens (tertiary/aromatic N) is 1. The second-order valence-corrected chi connectivity index (χ2v) is 5.31. The van der Waals surface area contributed by atoms with Gasteiger partial charge in [0, 0.05) is 5.54 Å². The van der Waals surface area contributed by atoms with Crippen LogP contribution in [0.25, 0.3) is 0 Å². The van der Waals surface area contributed by atoms with Gasteiger partial charge < -0.3 is 0 Å². The van der Waals surface area contributed by atoms with Crippen LogP contribution in [-0.2, 0) is 5.54 Å². The number of rotatable bonds is 7. The Morgan fingerprint density at radius 3 is 2.47 bits per heavy atom. The Labute approximate surface area is 112 Å². The van der Waals surface area contributed by atoms with Gasteiger partial charge >= 0.3 is 5.69 Å². The first kappa shape index (κ1) is 15.7. The van der Waals surface area contributed by atoms with Crippen LogP contribution < -0.4 is 11.2 Å². The van der Waals surface area contributed by atoms with Crippen molar-refractivity contribution in [2.75, 3.05) is 0 Å². The molecule has 108 valence electrons. The van der Waals surface area contributed by atoms with Crippen LogP contribution in [-0.4, -0.2) is 9.55 Å². The van der Waals surface area contributed by atoms with Crippen LogP contribution in [0.5, 0.6) is 0 Å². The van der Waals surface area contributed by atoms with Crippen LogP contribution in [0.1, 0.15) is 59.3 Å². The van der Waals surface area contributed by atoms with Crippen LogP contribution in [0.2, 0.25) is 0 Å². The molecule has 1 heterocycles. The molecule has 0 bridgehead atoms. The lowest BCUT2D eigenvalue weighted by atomic mass is 9.89. The zero-order chi connectivity index (χ0) is 14.5. The van der Waals surface area contributed by atoms with Crippen molar-refractivity contribution in [3.05, 3.63) is 32.9 Å². The Bertz CT molecular complexity index is 521. The highest BCUT2D eigenvalue weighted by molar-refractivity contribution is 4.94. The maximum atomic E-state index is 13.4. The first-order valence-electron chi connectivity index (χ1n) is 6.96. The molecule has 0 aliphatic rings. The predicted octanol–water partition coefficient (Wildman–Crippen LogP) is 2.77. The molecule has 0 aromatic carbocycles. The molecule has 0 aliphatic heterocycles. The van der Waals surface area contributed by atoms with Gasteiger partial charge in [-0.15, -0.1) is 0 Å². The fraction of sp³-hybridized carbons (Fsp3) is 0.714. The second-order valence-electron chi connectivity index (χ2n) is 5.31. The number of nitrogens with one attached hydrogen (secondary N) is 1. The number of hydrogen-bond donors (Lipinski definition) is 1. The summed E-state index contributed by atoms with van der Waals surface area (Å²) < 4.78 is 14.8. The van der Waals surface area contributed by atoms with Crippen molar-refractivity contribution in [3.8, 4) is 0 Å². The number of hydrogen-bond acceptors (Lipinski definition) is 2. The lowest BCUT2D eigenvalue weighted by Gasteiger charge is -2.31. The van der Waals surface area contributed by atoms with E-state index in [1.807, 2.05) is 18.8 Å². The molecule has 0 saturated heterocycles. The van der Waals surface area contributed by atoms with Crippen LogP contribution in [0.4, 0.5) is 4.39 Å². The van der Waals surface area contributed by atoms with Crippen molar-refractivity contribution in [3.63, 3.8) is 0 Å². The van der Waals surface area contributed by atoms with Gasteiger partial charge in [0.25, 0.3) is 5.56 Å². The maximum Gasteiger partial charge on any atom is 0.328 e. The van der Waals surface area contributed by atoms with Gasteiger partial charge in [0.2, 0.25) is 5.82 Å². The molecule has 4 nitrogen and oxygen atoms in total. The average molecular weight is 270 g/mol. The molecule has 5 heteroatoms. The topological polar surface area (TPSA) is 54.9 Å². The average Bonchev–Trinajstić information content (AvgIpc) is 2.34. The summed E-state index contributed by atoms with van der Waals surface area (Å²) in [5.74, 6) is -0.905. The van der Waals surface area contributed by atoms with E-state index in [9.17, 15) is 14.0 Å². The van der Waals surface area contributed by atoms with Crippen molar-refractivity contribution in [1.82, 2.24) is 9.55 Å². The predicted molar refractivity (Wildman–Crippen MR) is 74.0 cm³/mol. The van der Waals surface area contributed by atoms with Crippen molar-refractivity contribution in [2.45, 2.75) is 64.8 Å². The Balaban J connectivity index is 3.14. The normalized spacial score (nSPS) is 14.3. The fourth-order valence-electron chi connectivity index (χ4n) is 2.51. The molecule has 19 heavy (non-hydrogen) atoms. The van der Waals surface area contributed by atoms with E-state index in [1.54, 1.807) is 0 Å². The van der Waals surface area contributed by atoms with E-state index in [0.717, 1.165) is 44.7 Å². The van der Waals surface area contributed by atoms with Gasteiger partial charge in [-0.25, -0.2) is 4.79 Å². The van der Waals surface area contributed by atoms with Gasteiger partial charge in [-0.05, 0) is 19.8 Å². The Morgan fingerprint density at radius 2 is 1.89 bits per heavy atom.